The summed E-state index contributed by atoms with van der Waals surface area (Å²) in [6, 6.07) is 8.30. The lowest BCUT2D eigenvalue weighted by Crippen LogP contribution is -2.17. The topological polar surface area (TPSA) is 52.6 Å². The van der Waals surface area contributed by atoms with E-state index in [1.165, 1.54) is 0 Å². The monoisotopic (exact) mass is 488 g/mol. The molecule has 192 valence electrons. The molecule has 4 heteroatoms. The molecule has 0 atom stereocenters. The van der Waals surface area contributed by atoms with Crippen LogP contribution >= 0.6 is 0 Å². The van der Waals surface area contributed by atoms with Crippen LogP contribution in [-0.2, 0) is 31.2 Å². The molecule has 0 N–H and O–H groups in total. The normalized spacial score (nSPS) is 18.2. The molecule has 0 saturated heterocycles. The van der Waals surface area contributed by atoms with Gasteiger partial charge in [-0.15, -0.1) is 0 Å². The average molecular weight is 489 g/mol. The van der Waals surface area contributed by atoms with Gasteiger partial charge in [0.25, 0.3) is 0 Å². The number of carbonyl (C=O) groups is 2. The van der Waals surface area contributed by atoms with Crippen molar-refractivity contribution in [2.75, 3.05) is 0 Å². The molecule has 0 unspecified atom stereocenters. The van der Waals surface area contributed by atoms with E-state index in [1.54, 1.807) is 0 Å². The third-order valence-corrected chi connectivity index (χ3v) is 7.11. The molecule has 0 fully saturated rings. The van der Waals surface area contributed by atoms with Crippen molar-refractivity contribution in [3.8, 4) is 11.5 Å². The molecule has 2 heterocycles. The van der Waals surface area contributed by atoms with E-state index in [0.29, 0.717) is 33.8 Å². The van der Waals surface area contributed by atoms with Crippen LogP contribution in [0, 0.1) is 0 Å². The highest BCUT2D eigenvalue weighted by molar-refractivity contribution is 6.41. The first-order valence-corrected chi connectivity index (χ1v) is 12.8. The molecule has 0 aliphatic carbocycles. The SMILES string of the molecule is CC(C)(C)c1cc2c(c(C(C)(C)C)c1)OC(=O)/C2=C1\C(=O)Oc2c1cc(C(C)(C)C)cc2C(C)(C)C. The Balaban J connectivity index is 2.12. The van der Waals surface area contributed by atoms with Gasteiger partial charge in [-0.25, -0.2) is 9.59 Å². The minimum atomic E-state index is -0.500. The Morgan fingerprint density at radius 3 is 1.03 bits per heavy atom. The Morgan fingerprint density at radius 1 is 0.472 bits per heavy atom. The van der Waals surface area contributed by atoms with Crippen molar-refractivity contribution in [2.45, 2.75) is 105 Å². The molecule has 0 amide bonds. The fraction of sp³-hybridized carbons (Fsp3) is 0.500. The van der Waals surface area contributed by atoms with Crippen LogP contribution in [0.2, 0.25) is 0 Å². The van der Waals surface area contributed by atoms with Crippen LogP contribution in [0.15, 0.2) is 24.3 Å². The van der Waals surface area contributed by atoms with E-state index in [9.17, 15) is 9.59 Å². The van der Waals surface area contributed by atoms with Gasteiger partial charge in [-0.3, -0.25) is 0 Å². The zero-order chi connectivity index (χ0) is 27.2. The average Bonchev–Trinajstić information content (AvgIpc) is 3.17. The second-order valence-corrected chi connectivity index (χ2v) is 14.3. The minimum Gasteiger partial charge on any atom is -0.422 e. The van der Waals surface area contributed by atoms with Crippen LogP contribution in [-0.4, -0.2) is 11.9 Å². The van der Waals surface area contributed by atoms with Crippen molar-refractivity contribution in [3.05, 3.63) is 57.6 Å². The standard InChI is InChI=1S/C32H40O4/c1-29(2,3)17-13-19-23(27(33)35-25(19)21(15-17)31(7,8)9)24-20-14-18(30(4,5)6)16-22(32(10,11)12)26(20)36-28(24)34/h13-16H,1-12H3/b24-23-. The molecule has 0 saturated carbocycles. The van der Waals surface area contributed by atoms with Gasteiger partial charge in [0.15, 0.2) is 0 Å². The van der Waals surface area contributed by atoms with Crippen molar-refractivity contribution < 1.29 is 19.1 Å². The number of hydrogen-bond acceptors (Lipinski definition) is 4. The summed E-state index contributed by atoms with van der Waals surface area (Å²) >= 11 is 0. The summed E-state index contributed by atoms with van der Waals surface area (Å²) in [6.07, 6.45) is 0. The fourth-order valence-corrected chi connectivity index (χ4v) is 4.81. The molecule has 36 heavy (non-hydrogen) atoms. The molecule has 0 spiro atoms. The van der Waals surface area contributed by atoms with E-state index in [-0.39, 0.29) is 21.7 Å². The lowest BCUT2D eigenvalue weighted by atomic mass is 9.77. The van der Waals surface area contributed by atoms with Gasteiger partial charge >= 0.3 is 11.9 Å². The van der Waals surface area contributed by atoms with Crippen LogP contribution in [0.25, 0.3) is 11.1 Å². The van der Waals surface area contributed by atoms with E-state index in [2.05, 4.69) is 95.2 Å². The van der Waals surface area contributed by atoms with Gasteiger partial charge in [-0.05, 0) is 44.9 Å². The summed E-state index contributed by atoms with van der Waals surface area (Å²) in [5.41, 5.74) is 5.25. The zero-order valence-corrected chi connectivity index (χ0v) is 23.9. The van der Waals surface area contributed by atoms with Crippen LogP contribution in [0.1, 0.15) is 116 Å². The van der Waals surface area contributed by atoms with Crippen LogP contribution in [0.3, 0.4) is 0 Å². The fourth-order valence-electron chi connectivity index (χ4n) is 4.81. The second-order valence-electron chi connectivity index (χ2n) is 14.3. The third kappa shape index (κ3) is 4.29. The molecular formula is C32H40O4. The Bertz CT molecular complexity index is 1220. The lowest BCUT2D eigenvalue weighted by molar-refractivity contribution is -0.129. The molecule has 0 bridgehead atoms. The minimum absolute atomic E-state index is 0.149. The first-order chi connectivity index (χ1) is 16.2. The van der Waals surface area contributed by atoms with Crippen molar-refractivity contribution in [3.63, 3.8) is 0 Å². The first-order valence-electron chi connectivity index (χ1n) is 12.8. The van der Waals surface area contributed by atoms with Gasteiger partial charge in [0.1, 0.15) is 11.5 Å². The Hall–Kier alpha value is -2.88. The van der Waals surface area contributed by atoms with E-state index >= 15 is 0 Å². The Kier molecular flexibility index (Phi) is 5.68. The molecule has 2 aliphatic heterocycles. The molecule has 4 rings (SSSR count). The molecule has 2 aromatic carbocycles. The summed E-state index contributed by atoms with van der Waals surface area (Å²) in [5.74, 6) is 0.0965. The highest BCUT2D eigenvalue weighted by Gasteiger charge is 2.43. The number of fused-ring (bicyclic) bond motifs is 2. The predicted molar refractivity (Wildman–Crippen MR) is 146 cm³/mol. The van der Waals surface area contributed by atoms with Gasteiger partial charge in [0.2, 0.25) is 0 Å². The molecular weight excluding hydrogens is 448 g/mol. The summed E-state index contributed by atoms with van der Waals surface area (Å²) in [5, 5.41) is 0. The first kappa shape index (κ1) is 26.2. The summed E-state index contributed by atoms with van der Waals surface area (Å²) in [7, 11) is 0. The number of carbonyl (C=O) groups excluding carboxylic acids is 2. The maximum Gasteiger partial charge on any atom is 0.345 e. The summed E-state index contributed by atoms with van der Waals surface area (Å²) in [4.78, 5) is 27.0. The van der Waals surface area contributed by atoms with Crippen LogP contribution in [0.4, 0.5) is 0 Å². The zero-order valence-electron chi connectivity index (χ0n) is 23.9. The molecule has 0 radical (unpaired) electrons. The van der Waals surface area contributed by atoms with Crippen LogP contribution < -0.4 is 9.47 Å². The van der Waals surface area contributed by atoms with Gasteiger partial charge in [-0.1, -0.05) is 95.2 Å². The molecule has 4 nitrogen and oxygen atoms in total. The smallest absolute Gasteiger partial charge is 0.345 e. The molecule has 2 aromatic rings. The van der Waals surface area contributed by atoms with Gasteiger partial charge in [0.05, 0.1) is 11.1 Å². The summed E-state index contributed by atoms with van der Waals surface area (Å²) < 4.78 is 11.8. The second kappa shape index (κ2) is 7.81. The number of rotatable bonds is 0. The maximum atomic E-state index is 13.5. The van der Waals surface area contributed by atoms with Crippen LogP contribution in [0.5, 0.6) is 11.5 Å². The lowest BCUT2D eigenvalue weighted by Gasteiger charge is -2.27. The third-order valence-electron chi connectivity index (χ3n) is 7.11. The van der Waals surface area contributed by atoms with Gasteiger partial charge in [0, 0.05) is 22.3 Å². The Morgan fingerprint density at radius 2 is 0.778 bits per heavy atom. The Labute approximate surface area is 216 Å². The molecule has 2 aliphatic rings. The highest BCUT2D eigenvalue weighted by atomic mass is 16.5. The van der Waals surface area contributed by atoms with E-state index in [0.717, 1.165) is 22.3 Å². The van der Waals surface area contributed by atoms with E-state index in [4.69, 9.17) is 9.47 Å². The predicted octanol–water partition coefficient (Wildman–Crippen LogP) is 7.63. The number of ether oxygens (including phenoxy) is 2. The number of esters is 2. The highest BCUT2D eigenvalue weighted by Crippen LogP contribution is 2.51. The largest absolute Gasteiger partial charge is 0.422 e. The van der Waals surface area contributed by atoms with E-state index in [1.807, 2.05) is 12.1 Å². The summed E-state index contributed by atoms with van der Waals surface area (Å²) in [6.45, 7) is 25.5. The molecule has 0 aromatic heterocycles. The van der Waals surface area contributed by atoms with Crippen molar-refractivity contribution in [1.82, 2.24) is 0 Å². The van der Waals surface area contributed by atoms with Gasteiger partial charge < -0.3 is 9.47 Å². The number of benzene rings is 2. The van der Waals surface area contributed by atoms with E-state index < -0.39 is 11.9 Å². The maximum absolute atomic E-state index is 13.5. The van der Waals surface area contributed by atoms with Gasteiger partial charge in [-0.2, -0.15) is 0 Å². The van der Waals surface area contributed by atoms with Crippen molar-refractivity contribution in [1.29, 1.82) is 0 Å². The number of hydrogen-bond donors (Lipinski definition) is 0. The van der Waals surface area contributed by atoms with Crippen molar-refractivity contribution in [2.24, 2.45) is 0 Å². The van der Waals surface area contributed by atoms with Crippen molar-refractivity contribution >= 4 is 23.1 Å². The quantitative estimate of drug-likeness (QED) is 0.217.